The van der Waals surface area contributed by atoms with Crippen molar-refractivity contribution in [1.29, 1.82) is 0 Å². The van der Waals surface area contributed by atoms with Crippen molar-refractivity contribution >= 4 is 14.1 Å². The van der Waals surface area contributed by atoms with E-state index in [1.165, 1.54) is 0 Å². The van der Waals surface area contributed by atoms with Gasteiger partial charge in [0.15, 0.2) is 8.32 Å². The van der Waals surface area contributed by atoms with E-state index in [9.17, 15) is 4.79 Å². The number of rotatable bonds is 7. The first kappa shape index (κ1) is 13.1. The zero-order valence-corrected chi connectivity index (χ0v) is 17.5. The zero-order valence-electron chi connectivity index (χ0n) is 22.5. The van der Waals surface area contributed by atoms with Crippen LogP contribution in [0.1, 0.15) is 93.1 Å². The molecule has 3 aliphatic rings. The normalized spacial score (nSPS) is 39.4. The van der Waals surface area contributed by atoms with E-state index >= 15 is 0 Å². The van der Waals surface area contributed by atoms with Crippen LogP contribution in [0.2, 0.25) is 19.6 Å². The molecule has 25 heavy (non-hydrogen) atoms. The lowest BCUT2D eigenvalue weighted by atomic mass is 9.60. The van der Waals surface area contributed by atoms with Gasteiger partial charge in [0.05, 0.1) is 5.60 Å². The van der Waals surface area contributed by atoms with Crippen LogP contribution in [-0.2, 0) is 9.22 Å². The van der Waals surface area contributed by atoms with Crippen molar-refractivity contribution in [3.8, 4) is 0 Å². The highest BCUT2D eigenvalue weighted by atomic mass is 28.4. The fraction of sp³-hybridized carbons (Fsp3) is 0.955. The Kier molecular flexibility index (Phi) is 3.39. The summed E-state index contributed by atoms with van der Waals surface area (Å²) in [5.74, 6) is 1.10. The molecule has 0 aromatic heterocycles. The largest absolute Gasteiger partial charge is 0.413 e. The van der Waals surface area contributed by atoms with Gasteiger partial charge in [0, 0.05) is 20.6 Å². The Morgan fingerprint density at radius 1 is 1.24 bits per heavy atom. The van der Waals surface area contributed by atoms with Gasteiger partial charge in [0.2, 0.25) is 0 Å². The molecule has 0 aromatic rings. The molecular weight excluding hydrogens is 324 g/mol. The number of carbonyl (C=O) groups is 1. The van der Waals surface area contributed by atoms with E-state index in [0.717, 1.165) is 44.9 Å². The van der Waals surface area contributed by atoms with Crippen molar-refractivity contribution in [1.82, 2.24) is 0 Å². The summed E-state index contributed by atoms with van der Waals surface area (Å²) in [4.78, 5) is 12.5. The SMILES string of the molecule is [2H]C([2H])([2H])C(CCCC1([C@H]2CC[C@H]3C(=O)CCC[C@]23C)CC1)(O[Si](C)(C)C)C([2H])([2H])[2H]. The van der Waals surface area contributed by atoms with Crippen molar-refractivity contribution < 1.29 is 17.4 Å². The molecule has 0 radical (unpaired) electrons. The summed E-state index contributed by atoms with van der Waals surface area (Å²) in [5.41, 5.74) is -1.90. The molecule has 3 saturated carbocycles. The number of hydrogen-bond donors (Lipinski definition) is 0. The van der Waals surface area contributed by atoms with Crippen LogP contribution in [0, 0.1) is 22.7 Å². The van der Waals surface area contributed by atoms with Crippen molar-refractivity contribution in [2.45, 2.75) is 110 Å². The summed E-state index contributed by atoms with van der Waals surface area (Å²) in [5, 5.41) is 0. The Morgan fingerprint density at radius 3 is 2.56 bits per heavy atom. The van der Waals surface area contributed by atoms with E-state index < -0.39 is 27.6 Å². The van der Waals surface area contributed by atoms with Crippen molar-refractivity contribution in [2.75, 3.05) is 0 Å². The fourth-order valence-electron chi connectivity index (χ4n) is 6.13. The quantitative estimate of drug-likeness (QED) is 0.488. The molecule has 0 aliphatic heterocycles. The maximum atomic E-state index is 12.5. The van der Waals surface area contributed by atoms with Crippen LogP contribution in [0.3, 0.4) is 0 Å². The minimum atomic E-state index is -2.71. The monoisotopic (exact) mass is 370 g/mol. The van der Waals surface area contributed by atoms with Crippen LogP contribution in [-0.4, -0.2) is 19.7 Å². The highest BCUT2D eigenvalue weighted by Gasteiger charge is 2.61. The molecule has 3 fully saturated rings. The molecule has 0 heterocycles. The van der Waals surface area contributed by atoms with Crippen LogP contribution >= 0.6 is 0 Å². The summed E-state index contributed by atoms with van der Waals surface area (Å²) < 4.78 is 54.6. The average molecular weight is 371 g/mol. The zero-order chi connectivity index (χ0) is 23.5. The van der Waals surface area contributed by atoms with Gasteiger partial charge in [-0.25, -0.2) is 0 Å². The van der Waals surface area contributed by atoms with Gasteiger partial charge in [-0.2, -0.15) is 0 Å². The minimum Gasteiger partial charge on any atom is -0.413 e. The van der Waals surface area contributed by atoms with Gasteiger partial charge in [0.1, 0.15) is 5.78 Å². The second-order valence-electron chi connectivity index (χ2n) is 10.3. The molecule has 0 amide bonds. The Bertz CT molecular complexity index is 678. The van der Waals surface area contributed by atoms with E-state index in [4.69, 9.17) is 12.7 Å². The number of ketones is 1. The molecule has 0 unspecified atom stereocenters. The third-order valence-corrected chi connectivity index (χ3v) is 8.14. The second-order valence-corrected chi connectivity index (χ2v) is 14.7. The molecule has 0 aromatic carbocycles. The Hall–Kier alpha value is -0.153. The molecular formula is C22H40O2Si. The van der Waals surface area contributed by atoms with E-state index in [2.05, 4.69) is 6.92 Å². The smallest absolute Gasteiger partial charge is 0.184 e. The first-order valence-electron chi connectivity index (χ1n) is 13.2. The minimum absolute atomic E-state index is 0.0256. The number of Topliss-reactive ketones (excluding diaryl/α,β-unsaturated/α-hetero) is 1. The van der Waals surface area contributed by atoms with Crippen molar-refractivity contribution in [2.24, 2.45) is 22.7 Å². The van der Waals surface area contributed by atoms with E-state index in [1.807, 2.05) is 19.6 Å². The molecule has 0 saturated heterocycles. The first-order chi connectivity index (χ1) is 14.0. The maximum absolute atomic E-state index is 12.5. The van der Waals surface area contributed by atoms with Gasteiger partial charge in [-0.1, -0.05) is 13.3 Å². The molecule has 3 atom stereocenters. The van der Waals surface area contributed by atoms with Gasteiger partial charge in [-0.3, -0.25) is 4.79 Å². The van der Waals surface area contributed by atoms with Gasteiger partial charge in [-0.05, 0) is 101 Å². The van der Waals surface area contributed by atoms with Crippen LogP contribution in [0.4, 0.5) is 0 Å². The number of hydrogen-bond acceptors (Lipinski definition) is 2. The van der Waals surface area contributed by atoms with Crippen molar-refractivity contribution in [3.05, 3.63) is 0 Å². The summed E-state index contributed by atoms with van der Waals surface area (Å²) in [6.45, 7) is 2.42. The van der Waals surface area contributed by atoms with Gasteiger partial charge in [-0.15, -0.1) is 0 Å². The molecule has 3 heteroatoms. The van der Waals surface area contributed by atoms with Gasteiger partial charge in [0.25, 0.3) is 0 Å². The van der Waals surface area contributed by atoms with Crippen LogP contribution < -0.4 is 0 Å². The Labute approximate surface area is 165 Å². The molecule has 144 valence electrons. The van der Waals surface area contributed by atoms with E-state index in [0.29, 0.717) is 24.5 Å². The molecule has 3 aliphatic carbocycles. The third-order valence-electron chi connectivity index (χ3n) is 7.18. The summed E-state index contributed by atoms with van der Waals surface area (Å²) in [7, 11) is -2.42. The van der Waals surface area contributed by atoms with E-state index in [-0.39, 0.29) is 23.2 Å². The average Bonchev–Trinajstić information content (AvgIpc) is 3.25. The number of carbonyl (C=O) groups excluding carboxylic acids is 1. The predicted octanol–water partition coefficient (Wildman–Crippen LogP) is 6.35. The fourth-order valence-corrected chi connectivity index (χ4v) is 7.28. The van der Waals surface area contributed by atoms with Gasteiger partial charge >= 0.3 is 0 Å². The molecule has 0 bridgehead atoms. The van der Waals surface area contributed by atoms with Crippen LogP contribution in [0.25, 0.3) is 0 Å². The molecule has 2 nitrogen and oxygen atoms in total. The third kappa shape index (κ3) is 4.08. The summed E-state index contributed by atoms with van der Waals surface area (Å²) in [6.07, 6.45) is 8.45. The van der Waals surface area contributed by atoms with Crippen LogP contribution in [0.15, 0.2) is 0 Å². The predicted molar refractivity (Wildman–Crippen MR) is 107 cm³/mol. The topological polar surface area (TPSA) is 26.3 Å². The summed E-state index contributed by atoms with van der Waals surface area (Å²) in [6, 6.07) is 0. The van der Waals surface area contributed by atoms with E-state index in [1.54, 1.807) is 0 Å². The Balaban J connectivity index is 1.77. The molecule has 3 rings (SSSR count). The lowest BCUT2D eigenvalue weighted by Gasteiger charge is -2.43. The summed E-state index contributed by atoms with van der Waals surface area (Å²) >= 11 is 0. The maximum Gasteiger partial charge on any atom is 0.184 e. The van der Waals surface area contributed by atoms with Crippen molar-refractivity contribution in [3.63, 3.8) is 0 Å². The number of fused-ring (bicyclic) bond motifs is 1. The first-order valence-corrected chi connectivity index (χ1v) is 13.6. The molecule has 0 N–H and O–H groups in total. The van der Waals surface area contributed by atoms with Crippen LogP contribution in [0.5, 0.6) is 0 Å². The van der Waals surface area contributed by atoms with Gasteiger partial charge < -0.3 is 4.43 Å². The standard InChI is InChI=1S/C22H40O2Si/c1-20(2,24-25(4,5)6)12-8-14-22(15-16-22)19-11-10-17-18(23)9-7-13-21(17,19)3/h17,19H,7-16H2,1-6H3/t17-,19-,21-/m0/s1/i1D3,2D3. The lowest BCUT2D eigenvalue weighted by Crippen LogP contribution is -2.40. The highest BCUT2D eigenvalue weighted by Crippen LogP contribution is 2.68. The lowest BCUT2D eigenvalue weighted by molar-refractivity contribution is -0.130. The highest BCUT2D eigenvalue weighted by molar-refractivity contribution is 6.69. The molecule has 0 spiro atoms. The second kappa shape index (κ2) is 6.47. The Morgan fingerprint density at radius 2 is 1.96 bits per heavy atom.